The molecule has 0 saturated heterocycles. The molecule has 0 unspecified atom stereocenters. The van der Waals surface area contributed by atoms with Gasteiger partial charge >= 0.3 is 0 Å². The van der Waals surface area contributed by atoms with Gasteiger partial charge in [0.2, 0.25) is 5.95 Å². The van der Waals surface area contributed by atoms with Crippen molar-refractivity contribution in [1.82, 2.24) is 14.8 Å². The van der Waals surface area contributed by atoms with Crippen molar-refractivity contribution < 1.29 is 8.42 Å². The van der Waals surface area contributed by atoms with Crippen LogP contribution in [0.2, 0.25) is 0 Å². The summed E-state index contributed by atoms with van der Waals surface area (Å²) in [4.78, 5) is 3.99. The Morgan fingerprint density at radius 1 is 1.32 bits per heavy atom. The second-order valence-corrected chi connectivity index (χ2v) is 5.96. The molecule has 2 rings (SSSR count). The van der Waals surface area contributed by atoms with Crippen LogP contribution in [0.3, 0.4) is 0 Å². The Morgan fingerprint density at radius 2 is 2.00 bits per heavy atom. The number of aromatic nitrogens is 3. The Hall–Kier alpha value is -1.60. The molecule has 0 saturated carbocycles. The van der Waals surface area contributed by atoms with Gasteiger partial charge in [-0.25, -0.2) is 17.8 Å². The van der Waals surface area contributed by atoms with E-state index in [1.165, 1.54) is 11.0 Å². The molecule has 6 nitrogen and oxygen atoms in total. The molecule has 8 heteroatoms. The summed E-state index contributed by atoms with van der Waals surface area (Å²) in [5, 5.41) is 3.80. The highest BCUT2D eigenvalue weighted by Gasteiger charge is 2.16. The van der Waals surface area contributed by atoms with Crippen LogP contribution in [0, 0.1) is 0 Å². The molecule has 1 aromatic carbocycles. The Balaban J connectivity index is 2.22. The van der Waals surface area contributed by atoms with E-state index >= 15 is 0 Å². The molecule has 0 bridgehead atoms. The molecule has 102 valence electrons. The minimum absolute atomic E-state index is 0.171. The number of sulfonamides is 1. The van der Waals surface area contributed by atoms with Gasteiger partial charge in [-0.1, -0.05) is 12.1 Å². The summed E-state index contributed by atoms with van der Waals surface area (Å²) in [6.07, 6.45) is 1.99. The number of halogens is 1. The van der Waals surface area contributed by atoms with Gasteiger partial charge in [-0.2, -0.15) is 10.1 Å². The normalized spacial score (nSPS) is 11.5. The molecule has 0 spiro atoms. The number of hydrogen-bond acceptors (Lipinski definition) is 4. The summed E-state index contributed by atoms with van der Waals surface area (Å²) < 4.78 is 27.9. The molecule has 0 aliphatic heterocycles. The van der Waals surface area contributed by atoms with Crippen LogP contribution in [0.1, 0.15) is 5.56 Å². The van der Waals surface area contributed by atoms with E-state index in [4.69, 9.17) is 11.6 Å². The first kappa shape index (κ1) is 13.8. The molecule has 19 heavy (non-hydrogen) atoms. The van der Waals surface area contributed by atoms with E-state index < -0.39 is 10.0 Å². The molecule has 0 aliphatic carbocycles. The Labute approximate surface area is 116 Å². The standard InChI is InChI=1S/C11H13ClN4O2S/c1-16-11(13-8-14-16)15-19(17,18)10-4-2-9(3-5-10)6-7-12/h2-5,8H,6-7H2,1H3,(H,13,14,15). The quantitative estimate of drug-likeness (QED) is 0.847. The van der Waals surface area contributed by atoms with Gasteiger partial charge in [-0.05, 0) is 24.1 Å². The average molecular weight is 301 g/mol. The molecule has 2 aromatic rings. The number of hydrogen-bond donors (Lipinski definition) is 1. The summed E-state index contributed by atoms with van der Waals surface area (Å²) in [5.74, 6) is 0.674. The maximum atomic E-state index is 12.1. The van der Waals surface area contributed by atoms with Crippen LogP contribution in [-0.2, 0) is 23.5 Å². The highest BCUT2D eigenvalue weighted by atomic mass is 35.5. The van der Waals surface area contributed by atoms with E-state index in [1.807, 2.05) is 0 Å². The lowest BCUT2D eigenvalue weighted by atomic mass is 10.2. The number of alkyl halides is 1. The lowest BCUT2D eigenvalue weighted by molar-refractivity contribution is 0.600. The molecular formula is C11H13ClN4O2S. The van der Waals surface area contributed by atoms with Gasteiger partial charge in [0.05, 0.1) is 4.90 Å². The Bertz CT molecular complexity index is 652. The Kier molecular flexibility index (Phi) is 4.06. The van der Waals surface area contributed by atoms with Crippen LogP contribution in [0.15, 0.2) is 35.5 Å². The summed E-state index contributed by atoms with van der Waals surface area (Å²) in [7, 11) is -2.04. The third kappa shape index (κ3) is 3.24. The van der Waals surface area contributed by atoms with E-state index in [9.17, 15) is 8.42 Å². The van der Waals surface area contributed by atoms with Gasteiger partial charge in [0.25, 0.3) is 10.0 Å². The molecule has 0 radical (unpaired) electrons. The monoisotopic (exact) mass is 300 g/mol. The highest BCUT2D eigenvalue weighted by molar-refractivity contribution is 7.92. The SMILES string of the molecule is Cn1ncnc1NS(=O)(=O)c1ccc(CCCl)cc1. The number of nitrogens with one attached hydrogen (secondary N) is 1. The van der Waals surface area contributed by atoms with E-state index in [1.54, 1.807) is 31.3 Å². The zero-order chi connectivity index (χ0) is 13.9. The molecular weight excluding hydrogens is 288 g/mol. The van der Waals surface area contributed by atoms with E-state index in [0.29, 0.717) is 12.3 Å². The average Bonchev–Trinajstić information content (AvgIpc) is 2.75. The van der Waals surface area contributed by atoms with Crippen LogP contribution in [-0.4, -0.2) is 29.1 Å². The van der Waals surface area contributed by atoms with Gasteiger partial charge < -0.3 is 0 Å². The molecule has 1 heterocycles. The second kappa shape index (κ2) is 5.58. The van der Waals surface area contributed by atoms with Crippen molar-refractivity contribution in [2.24, 2.45) is 7.05 Å². The van der Waals surface area contributed by atoms with Crippen molar-refractivity contribution >= 4 is 27.6 Å². The second-order valence-electron chi connectivity index (χ2n) is 3.90. The van der Waals surface area contributed by atoms with Crippen LogP contribution in [0.4, 0.5) is 5.95 Å². The molecule has 0 fully saturated rings. The van der Waals surface area contributed by atoms with Crippen molar-refractivity contribution in [3.8, 4) is 0 Å². The van der Waals surface area contributed by atoms with Crippen LogP contribution < -0.4 is 4.72 Å². The van der Waals surface area contributed by atoms with E-state index in [0.717, 1.165) is 5.56 Å². The fraction of sp³-hybridized carbons (Fsp3) is 0.273. The van der Waals surface area contributed by atoms with Crippen molar-refractivity contribution in [3.05, 3.63) is 36.2 Å². The molecule has 1 N–H and O–H groups in total. The predicted molar refractivity (Wildman–Crippen MR) is 72.7 cm³/mol. The van der Waals surface area contributed by atoms with Crippen molar-refractivity contribution in [2.45, 2.75) is 11.3 Å². The zero-order valence-corrected chi connectivity index (χ0v) is 11.8. The van der Waals surface area contributed by atoms with Crippen LogP contribution in [0.25, 0.3) is 0 Å². The van der Waals surface area contributed by atoms with Crippen LogP contribution >= 0.6 is 11.6 Å². The highest BCUT2D eigenvalue weighted by Crippen LogP contribution is 2.14. The van der Waals surface area contributed by atoms with Gasteiger partial charge in [-0.15, -0.1) is 11.6 Å². The summed E-state index contributed by atoms with van der Waals surface area (Å²) in [6, 6.07) is 6.57. The lowest BCUT2D eigenvalue weighted by Gasteiger charge is -2.07. The first-order valence-corrected chi connectivity index (χ1v) is 7.56. The number of anilines is 1. The minimum Gasteiger partial charge on any atom is -0.247 e. The molecule has 0 amide bonds. The summed E-state index contributed by atoms with van der Waals surface area (Å²) in [5.41, 5.74) is 0.993. The van der Waals surface area contributed by atoms with Gasteiger partial charge in [0, 0.05) is 12.9 Å². The largest absolute Gasteiger partial charge is 0.264 e. The topological polar surface area (TPSA) is 76.9 Å². The third-order valence-corrected chi connectivity index (χ3v) is 4.09. The number of rotatable bonds is 5. The van der Waals surface area contributed by atoms with Crippen molar-refractivity contribution in [3.63, 3.8) is 0 Å². The maximum Gasteiger partial charge on any atom is 0.264 e. The Morgan fingerprint density at radius 3 is 2.53 bits per heavy atom. The fourth-order valence-corrected chi connectivity index (χ4v) is 2.77. The summed E-state index contributed by atoms with van der Waals surface area (Å²) >= 11 is 5.63. The smallest absolute Gasteiger partial charge is 0.247 e. The first-order chi connectivity index (χ1) is 9.03. The molecule has 1 aromatic heterocycles. The van der Waals surface area contributed by atoms with Gasteiger partial charge in [0.15, 0.2) is 0 Å². The summed E-state index contributed by atoms with van der Waals surface area (Å²) in [6.45, 7) is 0. The third-order valence-electron chi connectivity index (χ3n) is 2.55. The lowest BCUT2D eigenvalue weighted by Crippen LogP contribution is -2.16. The van der Waals surface area contributed by atoms with E-state index in [2.05, 4.69) is 14.8 Å². The van der Waals surface area contributed by atoms with Gasteiger partial charge in [0.1, 0.15) is 6.33 Å². The van der Waals surface area contributed by atoms with Gasteiger partial charge in [-0.3, -0.25) is 0 Å². The number of benzene rings is 1. The molecule has 0 aliphatic rings. The van der Waals surface area contributed by atoms with E-state index in [-0.39, 0.29) is 10.8 Å². The number of nitrogens with zero attached hydrogens (tertiary/aromatic N) is 3. The predicted octanol–water partition coefficient (Wildman–Crippen LogP) is 1.40. The van der Waals surface area contributed by atoms with Crippen molar-refractivity contribution in [2.75, 3.05) is 10.6 Å². The zero-order valence-electron chi connectivity index (χ0n) is 10.2. The minimum atomic E-state index is -3.64. The van der Waals surface area contributed by atoms with Crippen LogP contribution in [0.5, 0.6) is 0 Å². The number of aryl methyl sites for hydroxylation is 2. The fourth-order valence-electron chi connectivity index (χ4n) is 1.51. The molecule has 0 atom stereocenters. The maximum absolute atomic E-state index is 12.1. The first-order valence-electron chi connectivity index (χ1n) is 5.54. The van der Waals surface area contributed by atoms with Crippen molar-refractivity contribution in [1.29, 1.82) is 0 Å².